The minimum Gasteiger partial charge on any atom is -0.352 e. The summed E-state index contributed by atoms with van der Waals surface area (Å²) in [7, 11) is -4.09. The molecule has 0 aliphatic heterocycles. The summed E-state index contributed by atoms with van der Waals surface area (Å²) in [4.78, 5) is 28.2. The minimum atomic E-state index is -4.09. The molecule has 3 aromatic rings. The molecule has 3 rings (SSSR count). The molecule has 7 nitrogen and oxygen atoms in total. The zero-order valence-electron chi connectivity index (χ0n) is 21.4. The third-order valence-electron chi connectivity index (χ3n) is 5.78. The van der Waals surface area contributed by atoms with Gasteiger partial charge in [-0.3, -0.25) is 13.9 Å². The van der Waals surface area contributed by atoms with E-state index in [0.717, 1.165) is 15.4 Å². The lowest BCUT2D eigenvalue weighted by molar-refractivity contribution is -0.139. The number of aryl methyl sites for hydroxylation is 1. The summed E-state index contributed by atoms with van der Waals surface area (Å²) in [5.74, 6) is -0.805. The highest BCUT2D eigenvalue weighted by Crippen LogP contribution is 2.27. The molecule has 0 aliphatic rings. The van der Waals surface area contributed by atoms with Gasteiger partial charge in [0, 0.05) is 17.1 Å². The van der Waals surface area contributed by atoms with Crippen LogP contribution in [-0.2, 0) is 26.2 Å². The Kier molecular flexibility index (Phi) is 9.50. The molecule has 2 amide bonds. The number of carbonyl (C=O) groups is 2. The van der Waals surface area contributed by atoms with E-state index in [1.165, 1.54) is 17.0 Å². The average Bonchev–Trinajstić information content (AvgIpc) is 2.85. The highest BCUT2D eigenvalue weighted by molar-refractivity contribution is 9.10. The molecule has 0 radical (unpaired) electrons. The van der Waals surface area contributed by atoms with Crippen molar-refractivity contribution in [3.05, 3.63) is 94.5 Å². The van der Waals surface area contributed by atoms with Crippen LogP contribution >= 0.6 is 15.9 Å². The van der Waals surface area contributed by atoms with Crippen LogP contribution in [0.5, 0.6) is 0 Å². The highest BCUT2D eigenvalue weighted by atomic mass is 79.9. The number of rotatable bonds is 10. The second-order valence-electron chi connectivity index (χ2n) is 9.15. The number of anilines is 1. The van der Waals surface area contributed by atoms with Crippen LogP contribution in [0.25, 0.3) is 0 Å². The van der Waals surface area contributed by atoms with E-state index in [4.69, 9.17) is 0 Å². The van der Waals surface area contributed by atoms with Crippen molar-refractivity contribution >= 4 is 43.5 Å². The molecule has 9 heteroatoms. The number of halogens is 1. The number of benzene rings is 3. The molecule has 3 aromatic carbocycles. The smallest absolute Gasteiger partial charge is 0.264 e. The third kappa shape index (κ3) is 7.42. The standard InChI is InChI=1S/C28H32BrN3O4S/c1-20(2)30-28(34)22(4)31(18-23-9-6-5-7-10-23)27(33)19-32(25-12-8-11-24(29)17-25)37(35,36)26-15-13-21(3)14-16-26/h5-17,20,22H,18-19H2,1-4H3,(H,30,34)/t22-/m1/s1. The van der Waals surface area contributed by atoms with Crippen LogP contribution < -0.4 is 9.62 Å². The van der Waals surface area contributed by atoms with E-state index in [1.54, 1.807) is 43.3 Å². The number of amides is 2. The molecular formula is C28H32BrN3O4S. The Morgan fingerprint density at radius 2 is 1.57 bits per heavy atom. The normalized spacial score (nSPS) is 12.2. The van der Waals surface area contributed by atoms with Gasteiger partial charge in [0.05, 0.1) is 10.6 Å². The van der Waals surface area contributed by atoms with Crippen molar-refractivity contribution in [1.82, 2.24) is 10.2 Å². The quantitative estimate of drug-likeness (QED) is 0.367. The fourth-order valence-corrected chi connectivity index (χ4v) is 5.56. The van der Waals surface area contributed by atoms with Crippen molar-refractivity contribution in [1.29, 1.82) is 0 Å². The van der Waals surface area contributed by atoms with Gasteiger partial charge < -0.3 is 10.2 Å². The van der Waals surface area contributed by atoms with E-state index in [-0.39, 0.29) is 23.4 Å². The summed E-state index contributed by atoms with van der Waals surface area (Å²) < 4.78 is 29.3. The van der Waals surface area contributed by atoms with Gasteiger partial charge in [-0.25, -0.2) is 8.42 Å². The Morgan fingerprint density at radius 1 is 0.919 bits per heavy atom. The zero-order chi connectivity index (χ0) is 27.2. The topological polar surface area (TPSA) is 86.8 Å². The lowest BCUT2D eigenvalue weighted by atomic mass is 10.1. The van der Waals surface area contributed by atoms with E-state index < -0.39 is 28.5 Å². The van der Waals surface area contributed by atoms with Gasteiger partial charge in [-0.05, 0) is 63.6 Å². The number of carbonyl (C=O) groups excluding carboxylic acids is 2. The van der Waals surface area contributed by atoms with Crippen LogP contribution in [0.3, 0.4) is 0 Å². The van der Waals surface area contributed by atoms with E-state index in [9.17, 15) is 18.0 Å². The summed E-state index contributed by atoms with van der Waals surface area (Å²) in [6, 6.07) is 21.6. The predicted molar refractivity (Wildman–Crippen MR) is 150 cm³/mol. The van der Waals surface area contributed by atoms with Crippen LogP contribution in [-0.4, -0.2) is 43.8 Å². The first-order valence-corrected chi connectivity index (χ1v) is 14.2. The van der Waals surface area contributed by atoms with Gasteiger partial charge >= 0.3 is 0 Å². The summed E-state index contributed by atoms with van der Waals surface area (Å²) in [6.07, 6.45) is 0. The molecule has 0 heterocycles. The van der Waals surface area contributed by atoms with Crippen LogP contribution in [0, 0.1) is 6.92 Å². The largest absolute Gasteiger partial charge is 0.352 e. The maximum atomic E-state index is 13.8. The molecule has 37 heavy (non-hydrogen) atoms. The van der Waals surface area contributed by atoms with Crippen LogP contribution in [0.1, 0.15) is 31.9 Å². The number of sulfonamides is 1. The summed E-state index contributed by atoms with van der Waals surface area (Å²) >= 11 is 3.40. The summed E-state index contributed by atoms with van der Waals surface area (Å²) in [5, 5.41) is 2.85. The minimum absolute atomic E-state index is 0.0751. The summed E-state index contributed by atoms with van der Waals surface area (Å²) in [6.45, 7) is 6.89. The summed E-state index contributed by atoms with van der Waals surface area (Å²) in [5.41, 5.74) is 2.08. The van der Waals surface area contributed by atoms with Gasteiger partial charge in [-0.15, -0.1) is 0 Å². The number of hydrogen-bond acceptors (Lipinski definition) is 4. The molecular weight excluding hydrogens is 554 g/mol. The molecule has 0 aliphatic carbocycles. The molecule has 196 valence electrons. The Bertz CT molecular complexity index is 1330. The van der Waals surface area contributed by atoms with Crippen molar-refractivity contribution in [2.45, 2.75) is 51.2 Å². The van der Waals surface area contributed by atoms with Crippen molar-refractivity contribution in [3.63, 3.8) is 0 Å². The second-order valence-corrected chi connectivity index (χ2v) is 11.9. The average molecular weight is 587 g/mol. The fraction of sp³-hybridized carbons (Fsp3) is 0.286. The van der Waals surface area contributed by atoms with Crippen LogP contribution in [0.15, 0.2) is 88.2 Å². The van der Waals surface area contributed by atoms with E-state index in [1.807, 2.05) is 51.1 Å². The molecule has 0 unspecified atom stereocenters. The lowest BCUT2D eigenvalue weighted by Gasteiger charge is -2.32. The Labute approximate surface area is 227 Å². The molecule has 0 fully saturated rings. The van der Waals surface area contributed by atoms with Gasteiger partial charge in [0.1, 0.15) is 12.6 Å². The molecule has 1 N–H and O–H groups in total. The van der Waals surface area contributed by atoms with Gasteiger partial charge in [0.25, 0.3) is 10.0 Å². The lowest BCUT2D eigenvalue weighted by Crippen LogP contribution is -2.52. The van der Waals surface area contributed by atoms with Crippen LogP contribution in [0.2, 0.25) is 0 Å². The second kappa shape index (κ2) is 12.4. The number of nitrogens with zero attached hydrogens (tertiary/aromatic N) is 2. The number of hydrogen-bond donors (Lipinski definition) is 1. The Morgan fingerprint density at radius 3 is 2.16 bits per heavy atom. The molecule has 0 saturated heterocycles. The molecule has 1 atom stereocenters. The van der Waals surface area contributed by atoms with Crippen molar-refractivity contribution in [3.8, 4) is 0 Å². The first-order valence-electron chi connectivity index (χ1n) is 12.0. The Hall–Kier alpha value is -3.17. The van der Waals surface area contributed by atoms with Crippen LogP contribution in [0.4, 0.5) is 5.69 Å². The zero-order valence-corrected chi connectivity index (χ0v) is 23.8. The van der Waals surface area contributed by atoms with Gasteiger partial charge in [0.2, 0.25) is 11.8 Å². The first-order chi connectivity index (χ1) is 17.5. The van der Waals surface area contributed by atoms with Gasteiger partial charge in [-0.2, -0.15) is 0 Å². The highest BCUT2D eigenvalue weighted by Gasteiger charge is 2.32. The van der Waals surface area contributed by atoms with Crippen molar-refractivity contribution in [2.24, 2.45) is 0 Å². The van der Waals surface area contributed by atoms with Crippen molar-refractivity contribution < 1.29 is 18.0 Å². The van der Waals surface area contributed by atoms with Gasteiger partial charge in [0.15, 0.2) is 0 Å². The molecule has 0 aromatic heterocycles. The van der Waals surface area contributed by atoms with E-state index in [0.29, 0.717) is 10.2 Å². The molecule has 0 saturated carbocycles. The SMILES string of the molecule is Cc1ccc(S(=O)(=O)N(CC(=O)N(Cc2ccccc2)[C@H](C)C(=O)NC(C)C)c2cccc(Br)c2)cc1. The van der Waals surface area contributed by atoms with Gasteiger partial charge in [-0.1, -0.05) is 70.0 Å². The van der Waals surface area contributed by atoms with E-state index >= 15 is 0 Å². The monoisotopic (exact) mass is 585 g/mol. The van der Waals surface area contributed by atoms with Crippen molar-refractivity contribution in [2.75, 3.05) is 10.8 Å². The Balaban J connectivity index is 2.02. The third-order valence-corrected chi connectivity index (χ3v) is 8.06. The molecule has 0 bridgehead atoms. The predicted octanol–water partition coefficient (Wildman–Crippen LogP) is 4.89. The molecule has 0 spiro atoms. The first kappa shape index (κ1) is 28.4. The number of nitrogens with one attached hydrogen (secondary N) is 1. The maximum absolute atomic E-state index is 13.8. The van der Waals surface area contributed by atoms with E-state index in [2.05, 4.69) is 21.2 Å². The fourth-order valence-electron chi connectivity index (χ4n) is 3.77. The maximum Gasteiger partial charge on any atom is 0.264 e.